The van der Waals surface area contributed by atoms with Gasteiger partial charge in [-0.25, -0.2) is 0 Å². The van der Waals surface area contributed by atoms with Crippen molar-refractivity contribution in [1.82, 2.24) is 4.90 Å². The van der Waals surface area contributed by atoms with Crippen molar-refractivity contribution < 1.29 is 19.1 Å². The maximum absolute atomic E-state index is 12.7. The Hall–Kier alpha value is -2.24. The van der Waals surface area contributed by atoms with Crippen LogP contribution in [0.3, 0.4) is 0 Å². The average Bonchev–Trinajstić information content (AvgIpc) is 3.26. The summed E-state index contributed by atoms with van der Waals surface area (Å²) in [5.41, 5.74) is 1.35. The first-order valence-electron chi connectivity index (χ1n) is 11.4. The van der Waals surface area contributed by atoms with Crippen LogP contribution in [0.25, 0.3) is 0 Å². The molecule has 2 heterocycles. The molecule has 1 aromatic carbocycles. The van der Waals surface area contributed by atoms with Crippen molar-refractivity contribution in [2.45, 2.75) is 70.9 Å². The van der Waals surface area contributed by atoms with Crippen molar-refractivity contribution in [3.63, 3.8) is 0 Å². The second-order valence-corrected chi connectivity index (χ2v) is 9.76. The summed E-state index contributed by atoms with van der Waals surface area (Å²) in [5, 5.41) is 0. The van der Waals surface area contributed by atoms with E-state index in [0.717, 1.165) is 69.6 Å². The van der Waals surface area contributed by atoms with Crippen molar-refractivity contribution in [3.05, 3.63) is 23.8 Å². The van der Waals surface area contributed by atoms with Crippen molar-refractivity contribution in [2.24, 2.45) is 5.92 Å². The number of ether oxygens (including phenoxy) is 2. The van der Waals surface area contributed by atoms with Crippen LogP contribution >= 0.6 is 0 Å². The number of hydrogen-bond donors (Lipinski definition) is 0. The Bertz CT molecular complexity index is 787. The van der Waals surface area contributed by atoms with Gasteiger partial charge in [-0.3, -0.25) is 9.59 Å². The molecule has 1 saturated carbocycles. The minimum atomic E-state index is -0.429. The molecular weight excluding hydrogens is 380 g/mol. The van der Waals surface area contributed by atoms with Crippen molar-refractivity contribution >= 4 is 17.6 Å². The molecule has 0 N–H and O–H groups in total. The topological polar surface area (TPSA) is 59.1 Å². The molecule has 1 amide bonds. The van der Waals surface area contributed by atoms with Gasteiger partial charge in [-0.1, -0.05) is 0 Å². The van der Waals surface area contributed by atoms with Crippen LogP contribution in [0.5, 0.6) is 5.75 Å². The van der Waals surface area contributed by atoms with Crippen LogP contribution in [-0.4, -0.2) is 54.7 Å². The minimum Gasteiger partial charge on any atom is -0.490 e. The van der Waals surface area contributed by atoms with Crippen molar-refractivity contribution in [3.8, 4) is 5.75 Å². The zero-order valence-corrected chi connectivity index (χ0v) is 18.5. The Morgan fingerprint density at radius 2 is 1.73 bits per heavy atom. The number of hydrogen-bond acceptors (Lipinski definition) is 5. The van der Waals surface area contributed by atoms with Gasteiger partial charge >= 0.3 is 5.97 Å². The first kappa shape index (κ1) is 21.0. The van der Waals surface area contributed by atoms with Gasteiger partial charge in [0.15, 0.2) is 0 Å². The number of carbonyl (C=O) groups is 2. The Balaban J connectivity index is 1.41. The number of amides is 1. The maximum atomic E-state index is 12.7. The van der Waals surface area contributed by atoms with Gasteiger partial charge in [-0.05, 0) is 77.5 Å². The summed E-state index contributed by atoms with van der Waals surface area (Å²) in [6.07, 6.45) is 5.84. The van der Waals surface area contributed by atoms with Gasteiger partial charge in [0.25, 0.3) is 5.91 Å². The zero-order valence-electron chi connectivity index (χ0n) is 18.5. The molecule has 0 aromatic heterocycles. The number of likely N-dealkylation sites (tertiary alicyclic amines) is 1. The number of carbonyl (C=O) groups excluding carboxylic acids is 2. The normalized spacial score (nSPS) is 24.2. The molecule has 2 aliphatic heterocycles. The van der Waals surface area contributed by atoms with Gasteiger partial charge in [0.2, 0.25) is 0 Å². The second-order valence-electron chi connectivity index (χ2n) is 9.76. The predicted molar refractivity (Wildman–Crippen MR) is 116 cm³/mol. The highest BCUT2D eigenvalue weighted by Gasteiger charge is 2.34. The molecule has 6 heteroatoms. The lowest BCUT2D eigenvalue weighted by atomic mass is 9.85. The standard InChI is InChI=1S/C24H34N2O4/c1-24(2,3)30-23(28)17-6-9-19(10-7-17)26-14-15-29-21-16-18(8-11-20(21)26)22(27)25-12-4-5-13-25/h8,11,16-17,19H,4-7,9-10,12-15H2,1-3H3. The Kier molecular flexibility index (Phi) is 5.94. The van der Waals surface area contributed by atoms with E-state index in [9.17, 15) is 9.59 Å². The molecule has 164 valence electrons. The molecule has 3 aliphatic rings. The summed E-state index contributed by atoms with van der Waals surface area (Å²) in [7, 11) is 0. The van der Waals surface area contributed by atoms with E-state index >= 15 is 0 Å². The molecule has 2 fully saturated rings. The van der Waals surface area contributed by atoms with E-state index in [-0.39, 0.29) is 17.8 Å². The monoisotopic (exact) mass is 414 g/mol. The SMILES string of the molecule is CC(C)(C)OC(=O)C1CCC(N2CCOc3cc(C(=O)N4CCCC4)ccc32)CC1. The Labute approximate surface area is 179 Å². The van der Waals surface area contributed by atoms with E-state index in [0.29, 0.717) is 18.2 Å². The number of rotatable bonds is 3. The predicted octanol–water partition coefficient (Wildman–Crippen LogP) is 4.02. The fourth-order valence-electron chi connectivity index (χ4n) is 4.86. The molecular formula is C24H34N2O4. The van der Waals surface area contributed by atoms with Crippen molar-refractivity contribution in [1.29, 1.82) is 0 Å². The van der Waals surface area contributed by atoms with Gasteiger partial charge in [-0.2, -0.15) is 0 Å². The molecule has 0 unspecified atom stereocenters. The average molecular weight is 415 g/mol. The molecule has 4 rings (SSSR count). The van der Waals surface area contributed by atoms with E-state index in [1.54, 1.807) is 0 Å². The molecule has 0 spiro atoms. The van der Waals surface area contributed by atoms with Crippen LogP contribution in [0.15, 0.2) is 18.2 Å². The first-order chi connectivity index (χ1) is 14.3. The number of nitrogens with zero attached hydrogens (tertiary/aromatic N) is 2. The molecule has 6 nitrogen and oxygen atoms in total. The number of anilines is 1. The molecule has 0 bridgehead atoms. The third-order valence-electron chi connectivity index (χ3n) is 6.38. The molecule has 1 saturated heterocycles. The minimum absolute atomic E-state index is 0.00134. The van der Waals surface area contributed by atoms with Crippen LogP contribution in [0.2, 0.25) is 0 Å². The maximum Gasteiger partial charge on any atom is 0.309 e. The fourth-order valence-corrected chi connectivity index (χ4v) is 4.86. The molecule has 1 aliphatic carbocycles. The summed E-state index contributed by atoms with van der Waals surface area (Å²) >= 11 is 0. The number of benzene rings is 1. The van der Waals surface area contributed by atoms with Gasteiger partial charge in [-0.15, -0.1) is 0 Å². The van der Waals surface area contributed by atoms with E-state index in [1.807, 2.05) is 43.9 Å². The third-order valence-corrected chi connectivity index (χ3v) is 6.38. The van der Waals surface area contributed by atoms with Crippen LogP contribution in [0, 0.1) is 5.92 Å². The summed E-state index contributed by atoms with van der Waals surface area (Å²) in [5.74, 6) is 0.851. The summed E-state index contributed by atoms with van der Waals surface area (Å²) < 4.78 is 11.5. The zero-order chi connectivity index (χ0) is 21.3. The van der Waals surface area contributed by atoms with Crippen LogP contribution < -0.4 is 9.64 Å². The van der Waals surface area contributed by atoms with Crippen LogP contribution in [0.1, 0.15) is 69.7 Å². The highest BCUT2D eigenvalue weighted by Crippen LogP contribution is 2.38. The first-order valence-corrected chi connectivity index (χ1v) is 11.4. The van der Waals surface area contributed by atoms with Crippen molar-refractivity contribution in [2.75, 3.05) is 31.1 Å². The van der Waals surface area contributed by atoms with E-state index in [1.165, 1.54) is 0 Å². The highest BCUT2D eigenvalue weighted by atomic mass is 16.6. The van der Waals surface area contributed by atoms with E-state index < -0.39 is 5.60 Å². The molecule has 0 atom stereocenters. The largest absolute Gasteiger partial charge is 0.490 e. The lowest BCUT2D eigenvalue weighted by Gasteiger charge is -2.41. The van der Waals surface area contributed by atoms with E-state index in [2.05, 4.69) is 4.90 Å². The van der Waals surface area contributed by atoms with Gasteiger partial charge in [0.05, 0.1) is 18.2 Å². The number of fused-ring (bicyclic) bond motifs is 1. The fraction of sp³-hybridized carbons (Fsp3) is 0.667. The summed E-state index contributed by atoms with van der Waals surface area (Å²) in [6, 6.07) is 6.28. The smallest absolute Gasteiger partial charge is 0.309 e. The molecule has 30 heavy (non-hydrogen) atoms. The van der Waals surface area contributed by atoms with Gasteiger partial charge < -0.3 is 19.3 Å². The molecule has 0 radical (unpaired) electrons. The summed E-state index contributed by atoms with van der Waals surface area (Å²) in [4.78, 5) is 29.5. The Morgan fingerprint density at radius 3 is 2.40 bits per heavy atom. The second kappa shape index (κ2) is 8.48. The number of esters is 1. The quantitative estimate of drug-likeness (QED) is 0.699. The van der Waals surface area contributed by atoms with Crippen LogP contribution in [-0.2, 0) is 9.53 Å². The van der Waals surface area contributed by atoms with Gasteiger partial charge in [0, 0.05) is 24.7 Å². The summed E-state index contributed by atoms with van der Waals surface area (Å²) in [6.45, 7) is 8.93. The van der Waals surface area contributed by atoms with E-state index in [4.69, 9.17) is 9.47 Å². The van der Waals surface area contributed by atoms with Gasteiger partial charge in [0.1, 0.15) is 18.0 Å². The van der Waals surface area contributed by atoms with Crippen LogP contribution in [0.4, 0.5) is 5.69 Å². The highest BCUT2D eigenvalue weighted by molar-refractivity contribution is 5.95. The molecule has 1 aromatic rings. The lowest BCUT2D eigenvalue weighted by Crippen LogP contribution is -2.44. The Morgan fingerprint density at radius 1 is 1.03 bits per heavy atom. The third kappa shape index (κ3) is 4.57. The lowest BCUT2D eigenvalue weighted by molar-refractivity contribution is -0.161.